The fourth-order valence-corrected chi connectivity index (χ4v) is 3.09. The molecule has 0 aliphatic carbocycles. The van der Waals surface area contributed by atoms with Crippen molar-refractivity contribution >= 4 is 11.6 Å². The molecule has 1 aromatic carbocycles. The molecule has 150 valence electrons. The number of ether oxygens (including phenoxy) is 1. The summed E-state index contributed by atoms with van der Waals surface area (Å²) in [6.45, 7) is 4.91. The number of hydrogen-bond acceptors (Lipinski definition) is 4. The van der Waals surface area contributed by atoms with Gasteiger partial charge in [-0.1, -0.05) is 0 Å². The predicted octanol–water partition coefficient (Wildman–Crippen LogP) is 4.13. The number of benzene rings is 1. The van der Waals surface area contributed by atoms with E-state index in [1.807, 2.05) is 13.1 Å². The van der Waals surface area contributed by atoms with Gasteiger partial charge in [0.25, 0.3) is 5.91 Å². The predicted molar refractivity (Wildman–Crippen MR) is 99.4 cm³/mol. The van der Waals surface area contributed by atoms with E-state index in [2.05, 4.69) is 15.2 Å². The average Bonchev–Trinajstić information content (AvgIpc) is 2.60. The Morgan fingerprint density at radius 1 is 1.29 bits per heavy atom. The number of carbonyl (C=O) groups is 1. The monoisotopic (exact) mass is 393 g/mol. The number of amides is 1. The van der Waals surface area contributed by atoms with Crippen LogP contribution in [0.3, 0.4) is 0 Å². The Morgan fingerprint density at radius 2 is 2.04 bits per heavy atom. The van der Waals surface area contributed by atoms with Crippen LogP contribution in [0.15, 0.2) is 30.5 Å². The van der Waals surface area contributed by atoms with Crippen LogP contribution in [0, 0.1) is 0 Å². The van der Waals surface area contributed by atoms with Crippen LogP contribution in [0.5, 0.6) is 5.75 Å². The summed E-state index contributed by atoms with van der Waals surface area (Å²) in [6.07, 6.45) is -2.69. The van der Waals surface area contributed by atoms with Crippen molar-refractivity contribution in [3.63, 3.8) is 0 Å². The minimum Gasteiger partial charge on any atom is -0.490 e. The first kappa shape index (κ1) is 20.1. The van der Waals surface area contributed by atoms with Gasteiger partial charge in [-0.05, 0) is 50.7 Å². The lowest BCUT2D eigenvalue weighted by Gasteiger charge is -2.24. The number of alkyl halides is 3. The molecule has 1 aromatic heterocycles. The number of pyridine rings is 1. The summed E-state index contributed by atoms with van der Waals surface area (Å²) in [4.78, 5) is 19.0. The topological polar surface area (TPSA) is 54.5 Å². The van der Waals surface area contributed by atoms with Crippen LogP contribution < -0.4 is 10.1 Å². The third-order valence-electron chi connectivity index (χ3n) is 4.40. The first-order valence-electron chi connectivity index (χ1n) is 8.99. The average molecular weight is 393 g/mol. The molecule has 0 spiro atoms. The van der Waals surface area contributed by atoms with Crippen molar-refractivity contribution < 1.29 is 22.7 Å². The van der Waals surface area contributed by atoms with Gasteiger partial charge in [0.15, 0.2) is 0 Å². The molecule has 28 heavy (non-hydrogen) atoms. The summed E-state index contributed by atoms with van der Waals surface area (Å²) in [5.74, 6) is -0.926. The molecule has 1 aliphatic rings. The number of nitrogens with one attached hydrogen (secondary N) is 1. The molecule has 2 aromatic rings. The Morgan fingerprint density at radius 3 is 2.71 bits per heavy atom. The molecule has 0 fully saturated rings. The molecule has 2 heterocycles. The zero-order chi connectivity index (χ0) is 20.5. The van der Waals surface area contributed by atoms with Crippen LogP contribution in [-0.2, 0) is 19.1 Å². The first-order valence-corrected chi connectivity index (χ1v) is 8.99. The van der Waals surface area contributed by atoms with Gasteiger partial charge < -0.3 is 15.0 Å². The van der Waals surface area contributed by atoms with Crippen LogP contribution >= 0.6 is 0 Å². The van der Waals surface area contributed by atoms with Crippen LogP contribution in [-0.4, -0.2) is 35.5 Å². The van der Waals surface area contributed by atoms with E-state index in [1.165, 1.54) is 18.3 Å². The van der Waals surface area contributed by atoms with Crippen LogP contribution in [0.1, 0.15) is 41.0 Å². The number of rotatable bonds is 4. The number of halogens is 3. The molecule has 3 rings (SSSR count). The van der Waals surface area contributed by atoms with Gasteiger partial charge >= 0.3 is 6.18 Å². The molecular weight excluding hydrogens is 371 g/mol. The van der Waals surface area contributed by atoms with Crippen molar-refractivity contribution in [1.82, 2.24) is 9.88 Å². The molecule has 5 nitrogen and oxygen atoms in total. The summed E-state index contributed by atoms with van der Waals surface area (Å²) >= 11 is 0. The van der Waals surface area contributed by atoms with Crippen LogP contribution in [0.25, 0.3) is 0 Å². The highest BCUT2D eigenvalue weighted by Gasteiger charge is 2.35. The van der Waals surface area contributed by atoms with E-state index in [9.17, 15) is 18.0 Å². The fourth-order valence-electron chi connectivity index (χ4n) is 3.09. The third kappa shape index (κ3) is 4.62. The van der Waals surface area contributed by atoms with Gasteiger partial charge in [0, 0.05) is 30.8 Å². The largest absolute Gasteiger partial charge is 0.490 e. The minimum absolute atomic E-state index is 0.0988. The summed E-state index contributed by atoms with van der Waals surface area (Å²) < 4.78 is 45.3. The fraction of sp³-hybridized carbons (Fsp3) is 0.400. The number of anilines is 1. The second-order valence-corrected chi connectivity index (χ2v) is 7.15. The number of fused-ring (bicyclic) bond motifs is 1. The Labute approximate surface area is 161 Å². The van der Waals surface area contributed by atoms with Crippen molar-refractivity contribution in [3.8, 4) is 5.75 Å². The summed E-state index contributed by atoms with van der Waals surface area (Å²) in [5, 5.41) is 2.63. The molecule has 0 saturated heterocycles. The molecule has 1 aliphatic heterocycles. The standard InChI is InChI=1S/C20H22F3N3O2/c1-12(2)28-18-5-4-13(9-16(18)20(21,22)23)19(27)25-15-8-14-11-26(3)7-6-17(14)24-10-15/h4-5,8-10,12H,6-7,11H2,1-3H3,(H,25,27). The number of aromatic nitrogens is 1. The number of hydrogen-bond donors (Lipinski definition) is 1. The highest BCUT2D eigenvalue weighted by Crippen LogP contribution is 2.37. The molecule has 0 unspecified atom stereocenters. The summed E-state index contributed by atoms with van der Waals surface area (Å²) in [6, 6.07) is 5.13. The minimum atomic E-state index is -4.63. The number of carbonyl (C=O) groups excluding carboxylic acids is 1. The molecule has 0 radical (unpaired) electrons. The molecule has 0 saturated carbocycles. The van der Waals surface area contributed by atoms with E-state index in [-0.39, 0.29) is 11.3 Å². The Balaban J connectivity index is 1.84. The molecule has 1 amide bonds. The summed E-state index contributed by atoms with van der Waals surface area (Å²) in [7, 11) is 1.99. The Hall–Kier alpha value is -2.61. The maximum Gasteiger partial charge on any atom is 0.419 e. The van der Waals surface area contributed by atoms with Crippen LogP contribution in [0.4, 0.5) is 18.9 Å². The Bertz CT molecular complexity index is 881. The third-order valence-corrected chi connectivity index (χ3v) is 4.40. The van der Waals surface area contributed by atoms with E-state index in [4.69, 9.17) is 4.74 Å². The van der Waals surface area contributed by atoms with Gasteiger partial charge in [0.2, 0.25) is 0 Å². The lowest BCUT2D eigenvalue weighted by molar-refractivity contribution is -0.139. The number of nitrogens with zero attached hydrogens (tertiary/aromatic N) is 2. The zero-order valence-corrected chi connectivity index (χ0v) is 15.9. The van der Waals surface area contributed by atoms with Gasteiger partial charge in [-0.25, -0.2) is 0 Å². The van der Waals surface area contributed by atoms with Gasteiger partial charge in [-0.3, -0.25) is 9.78 Å². The smallest absolute Gasteiger partial charge is 0.419 e. The van der Waals surface area contributed by atoms with Gasteiger partial charge in [-0.2, -0.15) is 13.2 Å². The second-order valence-electron chi connectivity index (χ2n) is 7.15. The molecule has 0 atom stereocenters. The van der Waals surface area contributed by atoms with E-state index in [0.717, 1.165) is 30.3 Å². The molecule has 0 bridgehead atoms. The highest BCUT2D eigenvalue weighted by molar-refractivity contribution is 6.04. The SMILES string of the molecule is CC(C)Oc1ccc(C(=O)Nc2cnc3c(c2)CN(C)CC3)cc1C(F)(F)F. The van der Waals surface area contributed by atoms with Crippen molar-refractivity contribution in [3.05, 3.63) is 52.8 Å². The summed E-state index contributed by atoms with van der Waals surface area (Å²) in [5.41, 5.74) is 1.36. The van der Waals surface area contributed by atoms with E-state index < -0.39 is 23.8 Å². The van der Waals surface area contributed by atoms with Gasteiger partial charge in [0.05, 0.1) is 23.6 Å². The maximum absolute atomic E-state index is 13.4. The van der Waals surface area contributed by atoms with Crippen molar-refractivity contribution in [2.45, 2.75) is 39.1 Å². The molecular formula is C20H22F3N3O2. The first-order chi connectivity index (χ1) is 13.1. The van der Waals surface area contributed by atoms with E-state index >= 15 is 0 Å². The van der Waals surface area contributed by atoms with Crippen LogP contribution in [0.2, 0.25) is 0 Å². The second kappa shape index (κ2) is 7.79. The van der Waals surface area contributed by atoms with Crippen molar-refractivity contribution in [1.29, 1.82) is 0 Å². The quantitative estimate of drug-likeness (QED) is 0.849. The van der Waals surface area contributed by atoms with Crippen molar-refractivity contribution in [2.24, 2.45) is 0 Å². The van der Waals surface area contributed by atoms with E-state index in [0.29, 0.717) is 12.2 Å². The zero-order valence-electron chi connectivity index (χ0n) is 15.9. The lowest BCUT2D eigenvalue weighted by Crippen LogP contribution is -2.27. The lowest BCUT2D eigenvalue weighted by atomic mass is 10.1. The normalized spacial score (nSPS) is 14.7. The van der Waals surface area contributed by atoms with Gasteiger partial charge in [-0.15, -0.1) is 0 Å². The molecule has 8 heteroatoms. The van der Waals surface area contributed by atoms with Gasteiger partial charge in [0.1, 0.15) is 5.75 Å². The van der Waals surface area contributed by atoms with E-state index in [1.54, 1.807) is 13.8 Å². The molecule has 1 N–H and O–H groups in total. The highest BCUT2D eigenvalue weighted by atomic mass is 19.4. The maximum atomic E-state index is 13.4. The Kier molecular flexibility index (Phi) is 5.60. The van der Waals surface area contributed by atoms with Crippen molar-refractivity contribution in [2.75, 3.05) is 18.9 Å². The number of likely N-dealkylation sites (N-methyl/N-ethyl adjacent to an activating group) is 1.